The second-order valence-corrected chi connectivity index (χ2v) is 5.46. The lowest BCUT2D eigenvalue weighted by atomic mass is 9.87. The number of benzene rings is 1. The average Bonchev–Trinajstić information content (AvgIpc) is 2.28. The zero-order valence-corrected chi connectivity index (χ0v) is 11.5. The van der Waals surface area contributed by atoms with E-state index in [2.05, 4.69) is 58.9 Å². The summed E-state index contributed by atoms with van der Waals surface area (Å²) in [7, 11) is 0. The Bertz CT molecular complexity index is 294. The fourth-order valence-corrected chi connectivity index (χ4v) is 2.01. The van der Waals surface area contributed by atoms with Gasteiger partial charge in [-0.1, -0.05) is 65.3 Å². The predicted octanol–water partition coefficient (Wildman–Crippen LogP) is 5.03. The van der Waals surface area contributed by atoms with Crippen LogP contribution in [0.1, 0.15) is 58.1 Å². The standard InChI is InChI=1S/C16H26/c1-6-13(4)14(5)11-15-7-9-16(10-8-15)12(2)3/h7-10,12-14H,6,11H2,1-5H3. The zero-order chi connectivity index (χ0) is 12.1. The van der Waals surface area contributed by atoms with Gasteiger partial charge in [0.1, 0.15) is 0 Å². The predicted molar refractivity (Wildman–Crippen MR) is 72.9 cm³/mol. The van der Waals surface area contributed by atoms with Crippen molar-refractivity contribution in [3.63, 3.8) is 0 Å². The van der Waals surface area contributed by atoms with Crippen molar-refractivity contribution in [2.75, 3.05) is 0 Å². The van der Waals surface area contributed by atoms with Gasteiger partial charge in [-0.3, -0.25) is 0 Å². The monoisotopic (exact) mass is 218 g/mol. The van der Waals surface area contributed by atoms with Crippen LogP contribution in [0, 0.1) is 11.8 Å². The Morgan fingerprint density at radius 1 is 0.875 bits per heavy atom. The van der Waals surface area contributed by atoms with Gasteiger partial charge in [-0.25, -0.2) is 0 Å². The van der Waals surface area contributed by atoms with Gasteiger partial charge in [0.25, 0.3) is 0 Å². The molecule has 90 valence electrons. The maximum Gasteiger partial charge on any atom is -0.0219 e. The summed E-state index contributed by atoms with van der Waals surface area (Å²) in [5, 5.41) is 0. The maximum absolute atomic E-state index is 2.37. The molecule has 2 atom stereocenters. The first kappa shape index (κ1) is 13.3. The highest BCUT2D eigenvalue weighted by Gasteiger charge is 2.10. The summed E-state index contributed by atoms with van der Waals surface area (Å²) < 4.78 is 0. The molecule has 1 rings (SSSR count). The van der Waals surface area contributed by atoms with Crippen LogP contribution in [0.5, 0.6) is 0 Å². The molecule has 0 fully saturated rings. The van der Waals surface area contributed by atoms with Crippen LogP contribution in [-0.2, 0) is 6.42 Å². The van der Waals surface area contributed by atoms with Gasteiger partial charge in [-0.15, -0.1) is 0 Å². The molecule has 0 aliphatic carbocycles. The summed E-state index contributed by atoms with van der Waals surface area (Å²) >= 11 is 0. The van der Waals surface area contributed by atoms with Crippen LogP contribution in [-0.4, -0.2) is 0 Å². The summed E-state index contributed by atoms with van der Waals surface area (Å²) in [4.78, 5) is 0. The minimum atomic E-state index is 0.640. The minimum absolute atomic E-state index is 0.640. The van der Waals surface area contributed by atoms with E-state index in [-0.39, 0.29) is 0 Å². The van der Waals surface area contributed by atoms with Crippen LogP contribution in [0.4, 0.5) is 0 Å². The Morgan fingerprint density at radius 2 is 1.44 bits per heavy atom. The van der Waals surface area contributed by atoms with E-state index in [0.29, 0.717) is 5.92 Å². The van der Waals surface area contributed by atoms with Crippen molar-refractivity contribution in [2.45, 2.75) is 53.4 Å². The Labute approximate surface area is 101 Å². The quantitative estimate of drug-likeness (QED) is 0.650. The lowest BCUT2D eigenvalue weighted by molar-refractivity contribution is 0.375. The highest BCUT2D eigenvalue weighted by Crippen LogP contribution is 2.21. The summed E-state index contributed by atoms with van der Waals surface area (Å²) in [6, 6.07) is 9.16. The van der Waals surface area contributed by atoms with E-state index in [9.17, 15) is 0 Å². The smallest absolute Gasteiger partial charge is 0.0219 e. The summed E-state index contributed by atoms with van der Waals surface area (Å²) in [5.41, 5.74) is 2.93. The first-order valence-corrected chi connectivity index (χ1v) is 6.63. The topological polar surface area (TPSA) is 0 Å². The van der Waals surface area contributed by atoms with Gasteiger partial charge in [0.2, 0.25) is 0 Å². The van der Waals surface area contributed by atoms with E-state index in [1.165, 1.54) is 24.0 Å². The number of hydrogen-bond donors (Lipinski definition) is 0. The van der Waals surface area contributed by atoms with Crippen LogP contribution in [0.2, 0.25) is 0 Å². The number of rotatable bonds is 5. The average molecular weight is 218 g/mol. The van der Waals surface area contributed by atoms with Crippen molar-refractivity contribution in [2.24, 2.45) is 11.8 Å². The van der Waals surface area contributed by atoms with Crippen LogP contribution in [0.15, 0.2) is 24.3 Å². The molecule has 2 unspecified atom stereocenters. The van der Waals surface area contributed by atoms with E-state index in [1.807, 2.05) is 0 Å². The molecule has 0 aromatic heterocycles. The van der Waals surface area contributed by atoms with Crippen LogP contribution >= 0.6 is 0 Å². The molecule has 0 spiro atoms. The van der Waals surface area contributed by atoms with Crippen molar-refractivity contribution in [3.8, 4) is 0 Å². The molecule has 0 amide bonds. The van der Waals surface area contributed by atoms with Gasteiger partial charge in [-0.05, 0) is 35.3 Å². The molecule has 0 N–H and O–H groups in total. The van der Waals surface area contributed by atoms with Crippen molar-refractivity contribution in [1.82, 2.24) is 0 Å². The molecule has 0 bridgehead atoms. The summed E-state index contributed by atoms with van der Waals surface area (Å²) in [5.74, 6) is 2.25. The second kappa shape index (κ2) is 6.08. The normalized spacial score (nSPS) is 15.1. The van der Waals surface area contributed by atoms with Crippen molar-refractivity contribution >= 4 is 0 Å². The van der Waals surface area contributed by atoms with E-state index in [4.69, 9.17) is 0 Å². The molecule has 1 aromatic carbocycles. The fraction of sp³-hybridized carbons (Fsp3) is 0.625. The molecular weight excluding hydrogens is 192 g/mol. The van der Waals surface area contributed by atoms with Gasteiger partial charge >= 0.3 is 0 Å². The second-order valence-electron chi connectivity index (χ2n) is 5.46. The van der Waals surface area contributed by atoms with Crippen LogP contribution in [0.25, 0.3) is 0 Å². The van der Waals surface area contributed by atoms with Crippen LogP contribution in [0.3, 0.4) is 0 Å². The minimum Gasteiger partial charge on any atom is -0.0651 e. The first-order valence-electron chi connectivity index (χ1n) is 6.63. The lowest BCUT2D eigenvalue weighted by Crippen LogP contribution is -2.09. The molecule has 0 saturated carbocycles. The maximum atomic E-state index is 2.37. The lowest BCUT2D eigenvalue weighted by Gasteiger charge is -2.18. The third kappa shape index (κ3) is 3.66. The van der Waals surface area contributed by atoms with Gasteiger partial charge in [0, 0.05) is 0 Å². The molecule has 1 aromatic rings. The van der Waals surface area contributed by atoms with E-state index in [0.717, 1.165) is 11.8 Å². The van der Waals surface area contributed by atoms with Crippen molar-refractivity contribution < 1.29 is 0 Å². The van der Waals surface area contributed by atoms with Gasteiger partial charge in [0.15, 0.2) is 0 Å². The molecule has 0 saturated heterocycles. The fourth-order valence-electron chi connectivity index (χ4n) is 2.01. The van der Waals surface area contributed by atoms with E-state index < -0.39 is 0 Å². The van der Waals surface area contributed by atoms with E-state index in [1.54, 1.807) is 0 Å². The molecular formula is C16H26. The van der Waals surface area contributed by atoms with Gasteiger partial charge < -0.3 is 0 Å². The first-order chi connectivity index (χ1) is 7.54. The largest absolute Gasteiger partial charge is 0.0651 e. The van der Waals surface area contributed by atoms with E-state index >= 15 is 0 Å². The molecule has 0 heterocycles. The highest BCUT2D eigenvalue weighted by molar-refractivity contribution is 5.24. The molecule has 0 heteroatoms. The molecule has 0 nitrogen and oxygen atoms in total. The Kier molecular flexibility index (Phi) is 5.05. The molecule has 16 heavy (non-hydrogen) atoms. The SMILES string of the molecule is CCC(C)C(C)Cc1ccc(C(C)C)cc1. The molecule has 0 aliphatic heterocycles. The highest BCUT2D eigenvalue weighted by atomic mass is 14.2. The van der Waals surface area contributed by atoms with Crippen molar-refractivity contribution in [3.05, 3.63) is 35.4 Å². The summed E-state index contributed by atoms with van der Waals surface area (Å²) in [6.07, 6.45) is 2.50. The third-order valence-corrected chi connectivity index (χ3v) is 3.82. The molecule has 0 aliphatic rings. The summed E-state index contributed by atoms with van der Waals surface area (Å²) in [6.45, 7) is 11.5. The molecule has 0 radical (unpaired) electrons. The number of hydrogen-bond acceptors (Lipinski definition) is 0. The Balaban J connectivity index is 2.61. The van der Waals surface area contributed by atoms with Gasteiger partial charge in [0.05, 0.1) is 0 Å². The van der Waals surface area contributed by atoms with Crippen LogP contribution < -0.4 is 0 Å². The van der Waals surface area contributed by atoms with Crippen molar-refractivity contribution in [1.29, 1.82) is 0 Å². The Hall–Kier alpha value is -0.780. The third-order valence-electron chi connectivity index (χ3n) is 3.82. The zero-order valence-electron chi connectivity index (χ0n) is 11.5. The van der Waals surface area contributed by atoms with Gasteiger partial charge in [-0.2, -0.15) is 0 Å². The Morgan fingerprint density at radius 3 is 1.88 bits per heavy atom.